The van der Waals surface area contributed by atoms with Crippen LogP contribution in [-0.2, 0) is 0 Å². The van der Waals surface area contributed by atoms with Crippen LogP contribution in [0.1, 0.15) is 33.4 Å². The Morgan fingerprint density at radius 2 is 0.930 bits per heavy atom. The third-order valence-corrected chi connectivity index (χ3v) is 6.58. The summed E-state index contributed by atoms with van der Waals surface area (Å²) in [6.07, 6.45) is 0. The lowest BCUT2D eigenvalue weighted by atomic mass is 9.89. The third kappa shape index (κ3) is 4.07. The van der Waals surface area contributed by atoms with Crippen LogP contribution in [0.25, 0.3) is 33.4 Å². The highest BCUT2D eigenvalue weighted by Crippen LogP contribution is 2.55. The van der Waals surface area contributed by atoms with E-state index in [1.165, 1.54) is 0 Å². The molecule has 2 aliphatic carbocycles. The van der Waals surface area contributed by atoms with E-state index in [4.69, 9.17) is 0 Å². The topological polar surface area (TPSA) is 169 Å². The Morgan fingerprint density at radius 1 is 0.512 bits per heavy atom. The average Bonchev–Trinajstić information content (AvgIpc) is 3.47. The Hall–Kier alpha value is -6.93. The average molecular weight is 572 g/mol. The molecule has 43 heavy (non-hydrogen) atoms. The number of benzene rings is 1. The summed E-state index contributed by atoms with van der Waals surface area (Å²) in [5.41, 5.74) is -6.74. The Labute approximate surface area is 238 Å². The summed E-state index contributed by atoms with van der Waals surface area (Å²) >= 11 is 0. The summed E-state index contributed by atoms with van der Waals surface area (Å²) in [7, 11) is 0. The number of nitriles is 6. The lowest BCUT2D eigenvalue weighted by Crippen LogP contribution is -2.01. The van der Waals surface area contributed by atoms with Crippen LogP contribution >= 0.6 is 0 Å². The van der Waals surface area contributed by atoms with Gasteiger partial charge in [-0.1, -0.05) is 0 Å². The molecule has 8 nitrogen and oxygen atoms in total. The molecule has 0 bridgehead atoms. The summed E-state index contributed by atoms with van der Waals surface area (Å²) in [4.78, 5) is 5.95. The van der Waals surface area contributed by atoms with Gasteiger partial charge in [-0.15, -0.1) is 0 Å². The number of hydrogen-bond acceptors (Lipinski definition) is 8. The highest BCUT2D eigenvalue weighted by molar-refractivity contribution is 6.30. The van der Waals surface area contributed by atoms with Crippen LogP contribution in [0.15, 0.2) is 41.5 Å². The van der Waals surface area contributed by atoms with E-state index in [1.807, 2.05) is 0 Å². The van der Waals surface area contributed by atoms with Gasteiger partial charge >= 0.3 is 0 Å². The normalized spacial score (nSPS) is 12.8. The SMILES string of the molecule is N#CC(C#N)=C1C(c2cc(F)nc(F)c2)=C(C#N)c2c1cc1c(c2F)C(=C(C#N)C#N)C(c2cc(F)nc(F)c2)=C1C#N. The van der Waals surface area contributed by atoms with Crippen LogP contribution in [0, 0.1) is 97.6 Å². The molecule has 0 amide bonds. The Balaban J connectivity index is 2.00. The summed E-state index contributed by atoms with van der Waals surface area (Å²) in [6.45, 7) is 0. The van der Waals surface area contributed by atoms with Crippen molar-refractivity contribution in [3.05, 3.63) is 104 Å². The first-order chi connectivity index (χ1) is 20.6. The molecule has 1 aromatic carbocycles. The lowest BCUT2D eigenvalue weighted by Gasteiger charge is -2.12. The van der Waals surface area contributed by atoms with E-state index in [0.717, 1.165) is 6.07 Å². The molecule has 0 saturated heterocycles. The smallest absolute Gasteiger partial charge is 0.206 e. The van der Waals surface area contributed by atoms with Crippen molar-refractivity contribution in [2.24, 2.45) is 0 Å². The van der Waals surface area contributed by atoms with Crippen LogP contribution in [-0.4, -0.2) is 9.97 Å². The maximum atomic E-state index is 16.8. The minimum Gasteiger partial charge on any atom is -0.206 e. The molecule has 0 spiro atoms. The van der Waals surface area contributed by atoms with E-state index in [2.05, 4.69) is 9.97 Å². The molecule has 0 saturated carbocycles. The van der Waals surface area contributed by atoms with E-state index in [1.54, 1.807) is 36.4 Å². The molecule has 3 aromatic rings. The highest BCUT2D eigenvalue weighted by atomic mass is 19.2. The van der Waals surface area contributed by atoms with Crippen molar-refractivity contribution >= 4 is 33.4 Å². The molecule has 5 rings (SSSR count). The van der Waals surface area contributed by atoms with Gasteiger partial charge in [0.05, 0.1) is 11.1 Å². The molecule has 0 fully saturated rings. The fraction of sp³-hybridized carbons (Fsp3) is 0. The number of pyridine rings is 2. The first kappa shape index (κ1) is 27.6. The van der Waals surface area contributed by atoms with Crippen molar-refractivity contribution in [2.45, 2.75) is 0 Å². The minimum absolute atomic E-state index is 0.311. The van der Waals surface area contributed by atoms with Gasteiger partial charge in [0.15, 0.2) is 0 Å². The number of aromatic nitrogens is 2. The van der Waals surface area contributed by atoms with Gasteiger partial charge in [-0.25, -0.2) is 4.39 Å². The van der Waals surface area contributed by atoms with E-state index in [0.29, 0.717) is 24.3 Å². The molecule has 0 radical (unpaired) electrons. The van der Waals surface area contributed by atoms with Crippen LogP contribution < -0.4 is 0 Å². The molecule has 0 aliphatic heterocycles. The van der Waals surface area contributed by atoms with Gasteiger partial charge in [0.25, 0.3) is 0 Å². The van der Waals surface area contributed by atoms with Crippen molar-refractivity contribution in [1.82, 2.24) is 9.97 Å². The van der Waals surface area contributed by atoms with Crippen LogP contribution in [0.3, 0.4) is 0 Å². The van der Waals surface area contributed by atoms with Crippen LogP contribution in [0.5, 0.6) is 0 Å². The molecule has 0 N–H and O–H groups in total. The highest BCUT2D eigenvalue weighted by Gasteiger charge is 2.41. The van der Waals surface area contributed by atoms with Gasteiger partial charge in [0.1, 0.15) is 53.4 Å². The van der Waals surface area contributed by atoms with Crippen molar-refractivity contribution < 1.29 is 22.0 Å². The van der Waals surface area contributed by atoms with Gasteiger partial charge in [-0.2, -0.15) is 59.1 Å². The molecule has 2 aliphatic rings. The van der Waals surface area contributed by atoms with E-state index in [-0.39, 0.29) is 22.3 Å². The Morgan fingerprint density at radius 3 is 1.35 bits per heavy atom. The molecule has 2 heterocycles. The standard InChI is InChI=1S/C30H5F5N8/c31-20-1-12(2-21(32)42-20)24-18(10-40)16-5-17-26(14(6-36)7-37)25(13-3-22(33)43-23(34)4-13)19(11-41)28(17)30(35)29(16)27(24)15(8-38)9-39/h1-5H. The quantitative estimate of drug-likeness (QED) is 0.215. The second kappa shape index (κ2) is 10.2. The van der Waals surface area contributed by atoms with Gasteiger partial charge in [-0.3, -0.25) is 0 Å². The fourth-order valence-corrected chi connectivity index (χ4v) is 5.11. The third-order valence-electron chi connectivity index (χ3n) is 6.58. The maximum Gasteiger partial charge on any atom is 0.216 e. The first-order valence-corrected chi connectivity index (χ1v) is 11.6. The summed E-state index contributed by atoms with van der Waals surface area (Å²) in [5.74, 6) is -6.65. The molecule has 200 valence electrons. The zero-order chi connectivity index (χ0) is 31.2. The molecular formula is C30H5F5N8. The zero-order valence-electron chi connectivity index (χ0n) is 20.9. The van der Waals surface area contributed by atoms with Crippen molar-refractivity contribution in [1.29, 1.82) is 31.6 Å². The van der Waals surface area contributed by atoms with E-state index < -0.39 is 85.3 Å². The fourth-order valence-electron chi connectivity index (χ4n) is 5.11. The molecule has 0 atom stereocenters. The minimum atomic E-state index is -1.33. The van der Waals surface area contributed by atoms with Crippen molar-refractivity contribution in [3.63, 3.8) is 0 Å². The van der Waals surface area contributed by atoms with Crippen molar-refractivity contribution in [3.8, 4) is 36.4 Å². The van der Waals surface area contributed by atoms with E-state index in [9.17, 15) is 49.1 Å². The number of nitrogens with zero attached hydrogens (tertiary/aromatic N) is 8. The number of fused-ring (bicyclic) bond motifs is 2. The lowest BCUT2D eigenvalue weighted by molar-refractivity contribution is 0.511. The van der Waals surface area contributed by atoms with Gasteiger partial charge < -0.3 is 0 Å². The van der Waals surface area contributed by atoms with Gasteiger partial charge in [0, 0.05) is 63.2 Å². The van der Waals surface area contributed by atoms with E-state index >= 15 is 4.39 Å². The first-order valence-electron chi connectivity index (χ1n) is 11.6. The second-order valence-corrected chi connectivity index (χ2v) is 8.71. The second-order valence-electron chi connectivity index (χ2n) is 8.71. The van der Waals surface area contributed by atoms with Crippen LogP contribution in [0.2, 0.25) is 0 Å². The number of allylic oxidation sites excluding steroid dienone is 8. The number of rotatable bonds is 2. The predicted octanol–water partition coefficient (Wildman–Crippen LogP) is 5.67. The Kier molecular flexibility index (Phi) is 6.58. The van der Waals surface area contributed by atoms with Crippen molar-refractivity contribution in [2.75, 3.05) is 0 Å². The zero-order valence-corrected chi connectivity index (χ0v) is 20.9. The summed E-state index contributed by atoms with van der Waals surface area (Å²) in [5, 5.41) is 59.1. The molecule has 2 aromatic heterocycles. The summed E-state index contributed by atoms with van der Waals surface area (Å²) < 4.78 is 73.3. The summed E-state index contributed by atoms with van der Waals surface area (Å²) in [6, 6.07) is 13.7. The molecular weight excluding hydrogens is 567 g/mol. The maximum absolute atomic E-state index is 16.8. The largest absolute Gasteiger partial charge is 0.216 e. The Bertz CT molecular complexity index is 2180. The molecule has 0 unspecified atom stereocenters. The number of halogens is 5. The number of hydrogen-bond donors (Lipinski definition) is 0. The van der Waals surface area contributed by atoms with Gasteiger partial charge in [0.2, 0.25) is 23.8 Å². The monoisotopic (exact) mass is 572 g/mol. The van der Waals surface area contributed by atoms with Crippen LogP contribution in [0.4, 0.5) is 22.0 Å². The predicted molar refractivity (Wildman–Crippen MR) is 136 cm³/mol. The molecule has 13 heteroatoms. The van der Waals surface area contributed by atoms with Gasteiger partial charge in [-0.05, 0) is 22.8 Å².